The number of thiocarbonyl (C=S) groups is 1. The summed E-state index contributed by atoms with van der Waals surface area (Å²) in [5.41, 5.74) is 0.894. The minimum Gasteiger partial charge on any atom is -0.376 e. The Kier molecular flexibility index (Phi) is 5.80. The molecule has 1 aromatic rings. The maximum atomic E-state index is 6.02. The van der Waals surface area contributed by atoms with Gasteiger partial charge in [0.15, 0.2) is 10.3 Å². The first-order chi connectivity index (χ1) is 11.1. The Bertz CT molecular complexity index is 605. The summed E-state index contributed by atoms with van der Waals surface area (Å²) >= 11 is 13.4. The van der Waals surface area contributed by atoms with Crippen LogP contribution in [0.25, 0.3) is 0 Å². The summed E-state index contributed by atoms with van der Waals surface area (Å²) in [4.78, 5) is 6.81. The van der Waals surface area contributed by atoms with E-state index in [9.17, 15) is 0 Å². The maximum absolute atomic E-state index is 6.02. The van der Waals surface area contributed by atoms with Crippen molar-refractivity contribution < 1.29 is 4.74 Å². The molecule has 23 heavy (non-hydrogen) atoms. The van der Waals surface area contributed by atoms with E-state index in [1.54, 1.807) is 11.8 Å². The van der Waals surface area contributed by atoms with E-state index in [2.05, 4.69) is 17.1 Å². The zero-order chi connectivity index (χ0) is 16.2. The van der Waals surface area contributed by atoms with Crippen LogP contribution in [0.2, 0.25) is 5.02 Å². The lowest BCUT2D eigenvalue weighted by molar-refractivity contribution is 0.118. The van der Waals surface area contributed by atoms with E-state index in [1.165, 1.54) is 0 Å². The van der Waals surface area contributed by atoms with E-state index in [-0.39, 0.29) is 6.10 Å². The Hall–Kier alpha value is -0.820. The molecule has 2 saturated heterocycles. The van der Waals surface area contributed by atoms with Gasteiger partial charge in [0, 0.05) is 29.1 Å². The Morgan fingerprint density at radius 1 is 1.57 bits per heavy atom. The molecule has 0 saturated carbocycles. The highest BCUT2D eigenvalue weighted by molar-refractivity contribution is 8.14. The van der Waals surface area contributed by atoms with E-state index < -0.39 is 0 Å². The van der Waals surface area contributed by atoms with Gasteiger partial charge in [-0.2, -0.15) is 0 Å². The van der Waals surface area contributed by atoms with Crippen LogP contribution in [-0.4, -0.2) is 46.2 Å². The van der Waals surface area contributed by atoms with Gasteiger partial charge in [0.1, 0.15) is 0 Å². The van der Waals surface area contributed by atoms with Gasteiger partial charge in [-0.3, -0.25) is 9.89 Å². The summed E-state index contributed by atoms with van der Waals surface area (Å²) in [6.45, 7) is 4.62. The largest absolute Gasteiger partial charge is 0.376 e. The fourth-order valence-corrected chi connectivity index (χ4v) is 4.19. The summed E-state index contributed by atoms with van der Waals surface area (Å²) in [5.74, 6) is 0. The molecule has 3 rings (SSSR count). The number of rotatable bonds is 3. The van der Waals surface area contributed by atoms with Crippen LogP contribution in [0.15, 0.2) is 29.3 Å². The van der Waals surface area contributed by atoms with Crippen LogP contribution in [0.4, 0.5) is 5.69 Å². The van der Waals surface area contributed by atoms with Crippen LogP contribution in [0.1, 0.15) is 19.8 Å². The Morgan fingerprint density at radius 3 is 3.17 bits per heavy atom. The molecule has 2 aliphatic heterocycles. The lowest BCUT2D eigenvalue weighted by atomic mass is 10.2. The number of anilines is 1. The van der Waals surface area contributed by atoms with Crippen LogP contribution in [-0.2, 0) is 4.74 Å². The van der Waals surface area contributed by atoms with Crippen molar-refractivity contribution >= 4 is 51.5 Å². The van der Waals surface area contributed by atoms with Gasteiger partial charge in [-0.05, 0) is 43.3 Å². The normalized spacial score (nSPS) is 26.0. The summed E-state index contributed by atoms with van der Waals surface area (Å²) in [5, 5.41) is 6.05. The van der Waals surface area contributed by atoms with Crippen molar-refractivity contribution in [2.24, 2.45) is 4.99 Å². The number of hydrogen-bond acceptors (Lipinski definition) is 4. The van der Waals surface area contributed by atoms with Gasteiger partial charge in [0.25, 0.3) is 0 Å². The number of amidine groups is 1. The lowest BCUT2D eigenvalue weighted by Crippen LogP contribution is -2.36. The van der Waals surface area contributed by atoms with Crippen LogP contribution < -0.4 is 5.32 Å². The molecule has 2 heterocycles. The van der Waals surface area contributed by atoms with E-state index in [1.807, 2.05) is 24.3 Å². The van der Waals surface area contributed by atoms with Crippen molar-refractivity contribution in [3.63, 3.8) is 0 Å². The van der Waals surface area contributed by atoms with Crippen molar-refractivity contribution in [2.75, 3.05) is 25.0 Å². The molecule has 0 bridgehead atoms. The summed E-state index contributed by atoms with van der Waals surface area (Å²) in [6.07, 6.45) is 2.50. The second-order valence-electron chi connectivity index (χ2n) is 5.74. The highest BCUT2D eigenvalue weighted by Crippen LogP contribution is 2.27. The minimum atomic E-state index is 0.260. The number of benzene rings is 1. The van der Waals surface area contributed by atoms with Gasteiger partial charge in [-0.15, -0.1) is 0 Å². The van der Waals surface area contributed by atoms with Crippen molar-refractivity contribution in [2.45, 2.75) is 31.1 Å². The number of ether oxygens (including phenoxy) is 1. The standard InChI is InChI=1S/C16H20ClN3OS2/c1-11-10-20(15(22)19-13-5-2-4-12(17)8-13)16(23-11)18-9-14-6-3-7-21-14/h2,4-5,8,11,14H,3,6-7,9-10H2,1H3,(H,19,22). The second kappa shape index (κ2) is 7.83. The molecule has 0 amide bonds. The number of aliphatic imine (C=N–C) groups is 1. The Morgan fingerprint density at radius 2 is 2.43 bits per heavy atom. The van der Waals surface area contributed by atoms with Crippen molar-refractivity contribution in [1.29, 1.82) is 0 Å². The number of thioether (sulfide) groups is 1. The van der Waals surface area contributed by atoms with Gasteiger partial charge in [-0.25, -0.2) is 0 Å². The molecule has 0 radical (unpaired) electrons. The number of nitrogens with one attached hydrogen (secondary N) is 1. The number of halogens is 1. The monoisotopic (exact) mass is 369 g/mol. The first-order valence-corrected chi connectivity index (χ1v) is 9.45. The topological polar surface area (TPSA) is 36.9 Å². The molecule has 2 fully saturated rings. The molecule has 2 unspecified atom stereocenters. The van der Waals surface area contributed by atoms with Gasteiger partial charge in [0.05, 0.1) is 12.6 Å². The molecule has 2 aliphatic rings. The van der Waals surface area contributed by atoms with E-state index >= 15 is 0 Å². The minimum absolute atomic E-state index is 0.260. The quantitative estimate of drug-likeness (QED) is 0.815. The molecule has 0 spiro atoms. The predicted octanol–water partition coefficient (Wildman–Crippen LogP) is 4.01. The van der Waals surface area contributed by atoms with E-state index in [0.29, 0.717) is 21.9 Å². The zero-order valence-corrected chi connectivity index (χ0v) is 15.4. The fourth-order valence-electron chi connectivity index (χ4n) is 2.63. The highest BCUT2D eigenvalue weighted by Gasteiger charge is 2.29. The van der Waals surface area contributed by atoms with E-state index in [0.717, 1.165) is 36.8 Å². The SMILES string of the molecule is CC1CN(C(=S)Nc2cccc(Cl)c2)C(=NCC2CCCO2)S1. The second-order valence-corrected chi connectivity index (χ2v) is 7.97. The van der Waals surface area contributed by atoms with Gasteiger partial charge in [-0.1, -0.05) is 36.4 Å². The van der Waals surface area contributed by atoms with Crippen LogP contribution >= 0.6 is 35.6 Å². The summed E-state index contributed by atoms with van der Waals surface area (Å²) < 4.78 is 5.65. The molecule has 1 N–H and O–H groups in total. The summed E-state index contributed by atoms with van der Waals surface area (Å²) in [6, 6.07) is 7.57. The molecular weight excluding hydrogens is 350 g/mol. The summed E-state index contributed by atoms with van der Waals surface area (Å²) in [7, 11) is 0. The van der Waals surface area contributed by atoms with Crippen molar-refractivity contribution in [1.82, 2.24) is 4.90 Å². The van der Waals surface area contributed by atoms with Crippen LogP contribution in [0, 0.1) is 0 Å². The highest BCUT2D eigenvalue weighted by atomic mass is 35.5. The van der Waals surface area contributed by atoms with Crippen molar-refractivity contribution in [3.8, 4) is 0 Å². The molecule has 2 atom stereocenters. The molecule has 7 heteroatoms. The van der Waals surface area contributed by atoms with Gasteiger partial charge in [0.2, 0.25) is 0 Å². The van der Waals surface area contributed by atoms with E-state index in [4.69, 9.17) is 33.5 Å². The first kappa shape index (κ1) is 17.0. The lowest BCUT2D eigenvalue weighted by Gasteiger charge is -2.20. The molecule has 1 aromatic carbocycles. The average Bonchev–Trinajstić information content (AvgIpc) is 3.14. The number of hydrogen-bond donors (Lipinski definition) is 1. The number of nitrogens with zero attached hydrogens (tertiary/aromatic N) is 2. The average molecular weight is 370 g/mol. The molecule has 0 aromatic heterocycles. The maximum Gasteiger partial charge on any atom is 0.179 e. The molecule has 124 valence electrons. The fraction of sp³-hybridized carbons (Fsp3) is 0.500. The smallest absolute Gasteiger partial charge is 0.179 e. The molecular formula is C16H20ClN3OS2. The Balaban J connectivity index is 1.65. The predicted molar refractivity (Wildman–Crippen MR) is 103 cm³/mol. The van der Waals surface area contributed by atoms with Crippen LogP contribution in [0.3, 0.4) is 0 Å². The first-order valence-electron chi connectivity index (χ1n) is 7.78. The Labute approximate surface area is 151 Å². The van der Waals surface area contributed by atoms with Crippen LogP contribution in [0.5, 0.6) is 0 Å². The molecule has 0 aliphatic carbocycles. The zero-order valence-electron chi connectivity index (χ0n) is 13.0. The van der Waals surface area contributed by atoms with Gasteiger partial charge < -0.3 is 10.1 Å². The van der Waals surface area contributed by atoms with Crippen molar-refractivity contribution in [3.05, 3.63) is 29.3 Å². The molecule has 4 nitrogen and oxygen atoms in total. The third-order valence-corrected chi connectivity index (χ3v) is 5.42. The third kappa shape index (κ3) is 4.59. The third-order valence-electron chi connectivity index (χ3n) is 3.75. The van der Waals surface area contributed by atoms with Gasteiger partial charge >= 0.3 is 0 Å².